The molecule has 0 aliphatic heterocycles. The molecule has 3 N–H and O–H groups in total. The molecule has 0 unspecified atom stereocenters. The predicted molar refractivity (Wildman–Crippen MR) is 57.2 cm³/mol. The van der Waals surface area contributed by atoms with Crippen molar-refractivity contribution < 1.29 is 4.52 Å². The Hall–Kier alpha value is -2.04. The second kappa shape index (κ2) is 4.00. The molecular formula is C10H12N4O. The number of hydrogen-bond donors (Lipinski definition) is 2. The molecule has 15 heavy (non-hydrogen) atoms. The van der Waals surface area contributed by atoms with E-state index in [-0.39, 0.29) is 0 Å². The van der Waals surface area contributed by atoms with E-state index < -0.39 is 0 Å². The summed E-state index contributed by atoms with van der Waals surface area (Å²) in [4.78, 5) is 3.91. The van der Waals surface area contributed by atoms with Crippen LogP contribution in [0.4, 0.5) is 11.4 Å². The monoisotopic (exact) mass is 204 g/mol. The highest BCUT2D eigenvalue weighted by molar-refractivity contribution is 5.62. The standard InChI is InChI=1S/C10H12N4O/c1-7-8(11)3-2-4-9(7)12-5-10-13-6-15-14-10/h2-4,6,12H,5,11H2,1H3. The summed E-state index contributed by atoms with van der Waals surface area (Å²) in [5.41, 5.74) is 8.57. The minimum Gasteiger partial charge on any atom is -0.398 e. The van der Waals surface area contributed by atoms with Crippen LogP contribution in [0.2, 0.25) is 0 Å². The second-order valence-electron chi connectivity index (χ2n) is 3.22. The fourth-order valence-corrected chi connectivity index (χ4v) is 1.29. The summed E-state index contributed by atoms with van der Waals surface area (Å²) in [7, 11) is 0. The van der Waals surface area contributed by atoms with Gasteiger partial charge in [-0.25, -0.2) is 0 Å². The lowest BCUT2D eigenvalue weighted by molar-refractivity contribution is 0.411. The van der Waals surface area contributed by atoms with Gasteiger partial charge in [0, 0.05) is 11.4 Å². The van der Waals surface area contributed by atoms with Gasteiger partial charge in [0.1, 0.15) is 0 Å². The minimum atomic E-state index is 0.529. The highest BCUT2D eigenvalue weighted by atomic mass is 16.5. The number of benzene rings is 1. The zero-order chi connectivity index (χ0) is 10.7. The van der Waals surface area contributed by atoms with E-state index in [1.165, 1.54) is 6.39 Å². The first kappa shape index (κ1) is 9.51. The number of hydrogen-bond acceptors (Lipinski definition) is 5. The molecule has 0 bridgehead atoms. The zero-order valence-corrected chi connectivity index (χ0v) is 8.40. The van der Waals surface area contributed by atoms with Crippen LogP contribution >= 0.6 is 0 Å². The van der Waals surface area contributed by atoms with Gasteiger partial charge in [-0.05, 0) is 24.6 Å². The molecular weight excluding hydrogens is 192 g/mol. The van der Waals surface area contributed by atoms with Gasteiger partial charge < -0.3 is 15.6 Å². The number of rotatable bonds is 3. The molecule has 0 fully saturated rings. The molecule has 1 aromatic heterocycles. The number of nitrogens with one attached hydrogen (secondary N) is 1. The maximum absolute atomic E-state index is 5.78. The van der Waals surface area contributed by atoms with E-state index in [2.05, 4.69) is 20.0 Å². The maximum atomic E-state index is 5.78. The molecule has 1 aromatic carbocycles. The fraction of sp³-hybridized carbons (Fsp3) is 0.200. The highest BCUT2D eigenvalue weighted by Gasteiger charge is 2.02. The summed E-state index contributed by atoms with van der Waals surface area (Å²) < 4.78 is 4.63. The van der Waals surface area contributed by atoms with Crippen molar-refractivity contribution in [3.05, 3.63) is 36.0 Å². The molecule has 0 saturated carbocycles. The van der Waals surface area contributed by atoms with E-state index in [1.807, 2.05) is 25.1 Å². The Morgan fingerprint density at radius 3 is 3.07 bits per heavy atom. The molecule has 0 saturated heterocycles. The van der Waals surface area contributed by atoms with E-state index in [9.17, 15) is 0 Å². The SMILES string of the molecule is Cc1c(N)cccc1NCc1ncon1. The average Bonchev–Trinajstić information content (AvgIpc) is 2.73. The smallest absolute Gasteiger partial charge is 0.213 e. The van der Waals surface area contributed by atoms with Gasteiger partial charge in [-0.15, -0.1) is 0 Å². The third kappa shape index (κ3) is 2.07. The van der Waals surface area contributed by atoms with Crippen LogP contribution in [0.3, 0.4) is 0 Å². The topological polar surface area (TPSA) is 77.0 Å². The predicted octanol–water partition coefficient (Wildman–Crippen LogP) is 1.57. The Kier molecular flexibility index (Phi) is 2.53. The maximum Gasteiger partial charge on any atom is 0.213 e. The van der Waals surface area contributed by atoms with Crippen LogP contribution in [-0.2, 0) is 6.54 Å². The van der Waals surface area contributed by atoms with E-state index in [0.717, 1.165) is 16.9 Å². The summed E-state index contributed by atoms with van der Waals surface area (Å²) in [6.45, 7) is 2.49. The molecule has 0 spiro atoms. The number of nitrogen functional groups attached to an aromatic ring is 1. The third-order valence-electron chi connectivity index (χ3n) is 2.22. The number of aromatic nitrogens is 2. The summed E-state index contributed by atoms with van der Waals surface area (Å²) in [6.07, 6.45) is 1.31. The van der Waals surface area contributed by atoms with Crippen LogP contribution in [0.25, 0.3) is 0 Å². The van der Waals surface area contributed by atoms with Crippen molar-refractivity contribution in [2.75, 3.05) is 11.1 Å². The van der Waals surface area contributed by atoms with Crippen molar-refractivity contribution in [3.8, 4) is 0 Å². The molecule has 0 aliphatic rings. The minimum absolute atomic E-state index is 0.529. The summed E-state index contributed by atoms with van der Waals surface area (Å²) >= 11 is 0. The van der Waals surface area contributed by atoms with Crippen molar-refractivity contribution >= 4 is 11.4 Å². The Morgan fingerprint density at radius 1 is 1.47 bits per heavy atom. The molecule has 2 aromatic rings. The van der Waals surface area contributed by atoms with Crippen molar-refractivity contribution in [1.82, 2.24) is 10.1 Å². The van der Waals surface area contributed by atoms with Gasteiger partial charge >= 0.3 is 0 Å². The Morgan fingerprint density at radius 2 is 2.33 bits per heavy atom. The van der Waals surface area contributed by atoms with Crippen molar-refractivity contribution in [1.29, 1.82) is 0 Å². The van der Waals surface area contributed by atoms with Gasteiger partial charge in [-0.2, -0.15) is 4.98 Å². The average molecular weight is 204 g/mol. The van der Waals surface area contributed by atoms with Gasteiger partial charge in [0.05, 0.1) is 6.54 Å². The second-order valence-corrected chi connectivity index (χ2v) is 3.22. The molecule has 2 rings (SSSR count). The lowest BCUT2D eigenvalue weighted by atomic mass is 10.1. The van der Waals surface area contributed by atoms with E-state index in [1.54, 1.807) is 0 Å². The van der Waals surface area contributed by atoms with Gasteiger partial charge in [-0.3, -0.25) is 0 Å². The molecule has 5 nitrogen and oxygen atoms in total. The zero-order valence-electron chi connectivity index (χ0n) is 8.40. The summed E-state index contributed by atoms with van der Waals surface area (Å²) in [5, 5.41) is 6.89. The molecule has 0 aliphatic carbocycles. The molecule has 0 radical (unpaired) electrons. The summed E-state index contributed by atoms with van der Waals surface area (Å²) in [5.74, 6) is 0.622. The van der Waals surface area contributed by atoms with Crippen LogP contribution in [0.1, 0.15) is 11.4 Å². The van der Waals surface area contributed by atoms with E-state index >= 15 is 0 Å². The van der Waals surface area contributed by atoms with Gasteiger partial charge in [0.25, 0.3) is 0 Å². The van der Waals surface area contributed by atoms with Crippen LogP contribution in [0.5, 0.6) is 0 Å². The molecule has 5 heteroatoms. The highest BCUT2D eigenvalue weighted by Crippen LogP contribution is 2.20. The summed E-state index contributed by atoms with van der Waals surface area (Å²) in [6, 6.07) is 5.74. The third-order valence-corrected chi connectivity index (χ3v) is 2.22. The molecule has 78 valence electrons. The number of anilines is 2. The lowest BCUT2D eigenvalue weighted by Gasteiger charge is -2.09. The van der Waals surface area contributed by atoms with Crippen LogP contribution < -0.4 is 11.1 Å². The van der Waals surface area contributed by atoms with Gasteiger partial charge in [-0.1, -0.05) is 11.2 Å². The first-order valence-electron chi connectivity index (χ1n) is 4.61. The molecule has 0 atom stereocenters. The Bertz CT molecular complexity index is 439. The quantitative estimate of drug-likeness (QED) is 0.742. The molecule has 0 amide bonds. The first-order chi connectivity index (χ1) is 7.27. The lowest BCUT2D eigenvalue weighted by Crippen LogP contribution is -2.03. The molecule has 1 heterocycles. The van der Waals surface area contributed by atoms with Crippen molar-refractivity contribution in [2.24, 2.45) is 0 Å². The van der Waals surface area contributed by atoms with Crippen molar-refractivity contribution in [2.45, 2.75) is 13.5 Å². The first-order valence-corrected chi connectivity index (χ1v) is 4.61. The van der Waals surface area contributed by atoms with Crippen molar-refractivity contribution in [3.63, 3.8) is 0 Å². The number of nitrogens with zero attached hydrogens (tertiary/aromatic N) is 2. The van der Waals surface area contributed by atoms with Gasteiger partial charge in [0.15, 0.2) is 5.82 Å². The Labute approximate surface area is 87.3 Å². The normalized spacial score (nSPS) is 10.2. The van der Waals surface area contributed by atoms with Crippen LogP contribution in [-0.4, -0.2) is 10.1 Å². The van der Waals surface area contributed by atoms with E-state index in [4.69, 9.17) is 5.73 Å². The Balaban J connectivity index is 2.08. The van der Waals surface area contributed by atoms with Crippen LogP contribution in [0, 0.1) is 6.92 Å². The van der Waals surface area contributed by atoms with E-state index in [0.29, 0.717) is 12.4 Å². The number of nitrogens with two attached hydrogens (primary N) is 1. The van der Waals surface area contributed by atoms with Crippen LogP contribution in [0.15, 0.2) is 29.1 Å². The fourth-order valence-electron chi connectivity index (χ4n) is 1.29. The largest absolute Gasteiger partial charge is 0.398 e. The van der Waals surface area contributed by atoms with Gasteiger partial charge in [0.2, 0.25) is 6.39 Å².